The molecular formula is C27H21F2IN6OS. The summed E-state index contributed by atoms with van der Waals surface area (Å²) >= 11 is 3.70. The zero-order valence-corrected chi connectivity index (χ0v) is 23.0. The minimum Gasteiger partial charge on any atom is -0.382 e. The van der Waals surface area contributed by atoms with Crippen molar-refractivity contribution in [3.05, 3.63) is 98.2 Å². The van der Waals surface area contributed by atoms with E-state index in [0.717, 1.165) is 41.8 Å². The molecule has 3 heterocycles. The van der Waals surface area contributed by atoms with Crippen molar-refractivity contribution in [2.75, 3.05) is 11.1 Å². The summed E-state index contributed by atoms with van der Waals surface area (Å²) < 4.78 is 27.7. The predicted molar refractivity (Wildman–Crippen MR) is 154 cm³/mol. The molecule has 192 valence electrons. The number of aromatic nitrogens is 3. The van der Waals surface area contributed by atoms with Gasteiger partial charge in [-0.05, 0) is 77.0 Å². The first-order chi connectivity index (χ1) is 18.3. The fourth-order valence-corrected chi connectivity index (χ4v) is 5.34. The molecule has 0 spiro atoms. The molecule has 1 atom stereocenters. The smallest absolute Gasteiger partial charge is 0.255 e. The van der Waals surface area contributed by atoms with Gasteiger partial charge in [-0.3, -0.25) is 4.79 Å². The topological polar surface area (TPSA) is 106 Å². The molecule has 0 aliphatic carbocycles. The first kappa shape index (κ1) is 25.9. The standard InChI is InChI=1S/C27H21F2IN6OS/c1-14(15-4-6-22(28)23(29)9-15)35-27(37)21-10-18(30)12-32-26(21)33-13-19-5-7-24(38-19)16-2-3-17-11-34-36-25(31)20(17)8-16/h2-12,14H,13H2,1H3,(H2,31,36)(H,32,33)(H,35,37)/t14-/m0/s1. The molecule has 11 heteroatoms. The summed E-state index contributed by atoms with van der Waals surface area (Å²) in [6.07, 6.45) is 3.35. The molecule has 4 N–H and O–H groups in total. The van der Waals surface area contributed by atoms with Crippen LogP contribution < -0.4 is 16.4 Å². The molecule has 0 saturated heterocycles. The molecule has 38 heavy (non-hydrogen) atoms. The molecule has 3 aromatic heterocycles. The number of hydrogen-bond acceptors (Lipinski definition) is 7. The van der Waals surface area contributed by atoms with E-state index in [4.69, 9.17) is 5.73 Å². The molecular weight excluding hydrogens is 621 g/mol. The first-order valence-corrected chi connectivity index (χ1v) is 13.4. The van der Waals surface area contributed by atoms with E-state index in [0.29, 0.717) is 29.3 Å². The summed E-state index contributed by atoms with van der Waals surface area (Å²) in [6.45, 7) is 2.16. The third kappa shape index (κ3) is 5.58. The van der Waals surface area contributed by atoms with Gasteiger partial charge in [0, 0.05) is 30.3 Å². The fraction of sp³-hybridized carbons (Fsp3) is 0.111. The van der Waals surface area contributed by atoms with E-state index in [1.165, 1.54) is 6.07 Å². The first-order valence-electron chi connectivity index (χ1n) is 11.5. The van der Waals surface area contributed by atoms with Gasteiger partial charge in [0.25, 0.3) is 5.91 Å². The molecule has 0 bridgehead atoms. The van der Waals surface area contributed by atoms with Gasteiger partial charge >= 0.3 is 0 Å². The van der Waals surface area contributed by atoms with Crippen LogP contribution in [0.25, 0.3) is 21.2 Å². The second-order valence-electron chi connectivity index (χ2n) is 8.57. The maximum absolute atomic E-state index is 13.7. The van der Waals surface area contributed by atoms with Crippen molar-refractivity contribution >= 4 is 62.2 Å². The maximum atomic E-state index is 13.7. The van der Waals surface area contributed by atoms with Gasteiger partial charge in [0.2, 0.25) is 0 Å². The van der Waals surface area contributed by atoms with Gasteiger partial charge in [-0.25, -0.2) is 13.8 Å². The number of hydrogen-bond donors (Lipinski definition) is 3. The highest BCUT2D eigenvalue weighted by Crippen LogP contribution is 2.32. The summed E-state index contributed by atoms with van der Waals surface area (Å²) in [4.78, 5) is 19.6. The minimum absolute atomic E-state index is 0.356. The number of fused-ring (bicyclic) bond motifs is 1. The number of thiophene rings is 1. The van der Waals surface area contributed by atoms with Crippen LogP contribution in [0.2, 0.25) is 0 Å². The van der Waals surface area contributed by atoms with Crippen LogP contribution in [-0.4, -0.2) is 21.1 Å². The highest BCUT2D eigenvalue weighted by Gasteiger charge is 2.18. The lowest BCUT2D eigenvalue weighted by atomic mass is 10.1. The predicted octanol–water partition coefficient (Wildman–Crippen LogP) is 6.32. The molecule has 0 fully saturated rings. The van der Waals surface area contributed by atoms with E-state index < -0.39 is 17.7 Å². The molecule has 0 radical (unpaired) electrons. The molecule has 2 aromatic carbocycles. The van der Waals surface area contributed by atoms with Gasteiger partial charge in [-0.2, -0.15) is 5.10 Å². The van der Waals surface area contributed by atoms with E-state index >= 15 is 0 Å². The van der Waals surface area contributed by atoms with Gasteiger partial charge in [0.1, 0.15) is 5.82 Å². The largest absolute Gasteiger partial charge is 0.382 e. The van der Waals surface area contributed by atoms with Gasteiger partial charge in [-0.1, -0.05) is 18.2 Å². The molecule has 0 saturated carbocycles. The van der Waals surface area contributed by atoms with Crippen LogP contribution in [0.15, 0.2) is 67.0 Å². The Labute approximate surface area is 234 Å². The molecule has 0 aliphatic rings. The van der Waals surface area contributed by atoms with Crippen molar-refractivity contribution in [3.8, 4) is 10.4 Å². The number of carbonyl (C=O) groups is 1. The number of halogens is 3. The van der Waals surface area contributed by atoms with Gasteiger partial charge in [-0.15, -0.1) is 16.4 Å². The SMILES string of the molecule is C[C@H](NC(=O)c1cc(I)cnc1NCc1ccc(-c2ccc3cnnc(N)c3c2)s1)c1ccc(F)c(F)c1. The van der Waals surface area contributed by atoms with E-state index in [1.807, 2.05) is 30.3 Å². The maximum Gasteiger partial charge on any atom is 0.255 e. The number of anilines is 2. The Kier molecular flexibility index (Phi) is 7.47. The summed E-state index contributed by atoms with van der Waals surface area (Å²) in [6, 6.07) is 14.8. The minimum atomic E-state index is -0.960. The Morgan fingerprint density at radius 2 is 1.92 bits per heavy atom. The van der Waals surface area contributed by atoms with Crippen LogP contribution in [-0.2, 0) is 6.54 Å². The van der Waals surface area contributed by atoms with E-state index in [2.05, 4.69) is 48.4 Å². The molecule has 5 rings (SSSR count). The van der Waals surface area contributed by atoms with Crippen molar-refractivity contribution < 1.29 is 13.6 Å². The lowest BCUT2D eigenvalue weighted by Gasteiger charge is -2.16. The summed E-state index contributed by atoms with van der Waals surface area (Å²) in [5.74, 6) is -1.46. The zero-order valence-electron chi connectivity index (χ0n) is 20.0. The van der Waals surface area contributed by atoms with Crippen LogP contribution in [0, 0.1) is 15.2 Å². The zero-order chi connectivity index (χ0) is 26.8. The number of nitrogens with zero attached hydrogens (tertiary/aromatic N) is 3. The van der Waals surface area contributed by atoms with Crippen LogP contribution in [0.3, 0.4) is 0 Å². The van der Waals surface area contributed by atoms with Crippen molar-refractivity contribution in [2.24, 2.45) is 0 Å². The number of nitrogens with two attached hydrogens (primary N) is 1. The Hall–Kier alpha value is -3.71. The average Bonchev–Trinajstić information content (AvgIpc) is 3.38. The number of nitrogens with one attached hydrogen (secondary N) is 2. The van der Waals surface area contributed by atoms with Crippen molar-refractivity contribution in [2.45, 2.75) is 19.5 Å². The lowest BCUT2D eigenvalue weighted by molar-refractivity contribution is 0.0940. The van der Waals surface area contributed by atoms with E-state index in [-0.39, 0.29) is 5.91 Å². The Bertz CT molecular complexity index is 1660. The van der Waals surface area contributed by atoms with Crippen molar-refractivity contribution in [3.63, 3.8) is 0 Å². The third-order valence-electron chi connectivity index (χ3n) is 5.96. The number of benzene rings is 2. The number of nitrogen functional groups attached to an aromatic ring is 1. The lowest BCUT2D eigenvalue weighted by Crippen LogP contribution is -2.28. The second-order valence-corrected chi connectivity index (χ2v) is 11.0. The summed E-state index contributed by atoms with van der Waals surface area (Å²) in [5.41, 5.74) is 7.83. The molecule has 5 aromatic rings. The highest BCUT2D eigenvalue weighted by molar-refractivity contribution is 14.1. The van der Waals surface area contributed by atoms with E-state index in [9.17, 15) is 13.6 Å². The third-order valence-corrected chi connectivity index (χ3v) is 7.68. The summed E-state index contributed by atoms with van der Waals surface area (Å²) in [5, 5.41) is 15.7. The summed E-state index contributed by atoms with van der Waals surface area (Å²) in [7, 11) is 0. The number of rotatable bonds is 7. The molecule has 7 nitrogen and oxygen atoms in total. The molecule has 1 amide bonds. The van der Waals surface area contributed by atoms with Gasteiger partial charge in [0.15, 0.2) is 17.5 Å². The number of pyridine rings is 1. The number of carbonyl (C=O) groups excluding carboxylic acids is 1. The molecule has 0 aliphatic heterocycles. The highest BCUT2D eigenvalue weighted by atomic mass is 127. The molecule has 0 unspecified atom stereocenters. The van der Waals surface area contributed by atoms with Crippen LogP contribution in [0.4, 0.5) is 20.4 Å². The van der Waals surface area contributed by atoms with Crippen LogP contribution in [0.5, 0.6) is 0 Å². The van der Waals surface area contributed by atoms with Gasteiger partial charge < -0.3 is 16.4 Å². The Morgan fingerprint density at radius 1 is 1.08 bits per heavy atom. The van der Waals surface area contributed by atoms with Crippen molar-refractivity contribution in [1.82, 2.24) is 20.5 Å². The van der Waals surface area contributed by atoms with E-state index in [1.54, 1.807) is 36.7 Å². The van der Waals surface area contributed by atoms with Crippen LogP contribution in [0.1, 0.15) is 33.8 Å². The second kappa shape index (κ2) is 11.0. The Morgan fingerprint density at radius 3 is 2.74 bits per heavy atom. The monoisotopic (exact) mass is 642 g/mol. The number of amides is 1. The Balaban J connectivity index is 1.31. The average molecular weight is 642 g/mol. The van der Waals surface area contributed by atoms with Crippen molar-refractivity contribution in [1.29, 1.82) is 0 Å². The quantitative estimate of drug-likeness (QED) is 0.180. The fourth-order valence-electron chi connectivity index (χ4n) is 3.94. The normalized spacial score (nSPS) is 11.9. The van der Waals surface area contributed by atoms with Crippen LogP contribution >= 0.6 is 33.9 Å². The van der Waals surface area contributed by atoms with Gasteiger partial charge in [0.05, 0.1) is 24.3 Å².